The van der Waals surface area contributed by atoms with E-state index in [4.69, 9.17) is 9.78 Å². The predicted octanol–water partition coefficient (Wildman–Crippen LogP) is 1.28. The first kappa shape index (κ1) is 17.8. The first-order valence-corrected chi connectivity index (χ1v) is 10.1. The van der Waals surface area contributed by atoms with E-state index in [1.807, 2.05) is 24.3 Å². The molecule has 10 nitrogen and oxygen atoms in total. The maximum absolute atomic E-state index is 12.7. The highest BCUT2D eigenvalue weighted by molar-refractivity contribution is 5.68. The lowest BCUT2D eigenvalue weighted by Crippen LogP contribution is -2.23. The molecule has 2 aliphatic rings. The molecule has 3 atom stereocenters. The Morgan fingerprint density at radius 2 is 1.90 bits per heavy atom. The largest absolute Gasteiger partial charge is 0.371 e. The van der Waals surface area contributed by atoms with Crippen molar-refractivity contribution in [3.63, 3.8) is 0 Å². The molecule has 0 spiro atoms. The zero-order valence-electron chi connectivity index (χ0n) is 16.7. The Bertz CT molecular complexity index is 1380. The first-order valence-electron chi connectivity index (χ1n) is 10.1. The number of imidazole rings is 1. The summed E-state index contributed by atoms with van der Waals surface area (Å²) in [6, 6.07) is 9.84. The van der Waals surface area contributed by atoms with Gasteiger partial charge < -0.3 is 14.0 Å². The van der Waals surface area contributed by atoms with Crippen LogP contribution in [0.25, 0.3) is 11.2 Å². The topological polar surface area (TPSA) is 119 Å². The molecule has 0 radical (unpaired) electrons. The van der Waals surface area contributed by atoms with Crippen LogP contribution in [0.3, 0.4) is 0 Å². The Kier molecular flexibility index (Phi) is 3.74. The fourth-order valence-electron chi connectivity index (χ4n) is 4.66. The number of piperidine rings is 1. The molecular formula is C21H18N8O2. The second-order valence-corrected chi connectivity index (χ2v) is 8.17. The summed E-state index contributed by atoms with van der Waals surface area (Å²) in [4.78, 5) is 27.9. The molecule has 1 aliphatic heterocycles. The van der Waals surface area contributed by atoms with Crippen LogP contribution >= 0.6 is 0 Å². The molecule has 4 aromatic rings. The highest BCUT2D eigenvalue weighted by Crippen LogP contribution is 2.57. The third kappa shape index (κ3) is 2.81. The fourth-order valence-corrected chi connectivity index (χ4v) is 4.66. The highest BCUT2D eigenvalue weighted by atomic mass is 16.5. The van der Waals surface area contributed by atoms with E-state index in [0.29, 0.717) is 46.2 Å². The van der Waals surface area contributed by atoms with Gasteiger partial charge in [-0.05, 0) is 36.1 Å². The van der Waals surface area contributed by atoms with E-state index in [2.05, 4.69) is 31.1 Å². The molecule has 154 valence electrons. The molecule has 0 amide bonds. The van der Waals surface area contributed by atoms with E-state index in [-0.39, 0.29) is 12.1 Å². The summed E-state index contributed by atoms with van der Waals surface area (Å²) >= 11 is 0. The number of nitrogens with zero attached hydrogens (tertiary/aromatic N) is 8. The Morgan fingerprint density at radius 3 is 2.65 bits per heavy atom. The molecule has 1 saturated heterocycles. The maximum atomic E-state index is 12.7. The number of aryl methyl sites for hydroxylation is 1. The Labute approximate surface area is 176 Å². The van der Waals surface area contributed by atoms with Crippen LogP contribution in [-0.2, 0) is 13.6 Å². The van der Waals surface area contributed by atoms with Gasteiger partial charge >= 0.3 is 0 Å². The van der Waals surface area contributed by atoms with Gasteiger partial charge in [-0.1, -0.05) is 5.16 Å². The van der Waals surface area contributed by atoms with Crippen molar-refractivity contribution in [1.82, 2.24) is 29.2 Å². The van der Waals surface area contributed by atoms with Gasteiger partial charge in [-0.15, -0.1) is 0 Å². The van der Waals surface area contributed by atoms with Gasteiger partial charge in [0.2, 0.25) is 5.89 Å². The molecule has 31 heavy (non-hydrogen) atoms. The summed E-state index contributed by atoms with van der Waals surface area (Å²) in [7, 11) is 1.76. The van der Waals surface area contributed by atoms with E-state index >= 15 is 0 Å². The van der Waals surface area contributed by atoms with Gasteiger partial charge in [0.15, 0.2) is 17.0 Å². The molecular weight excluding hydrogens is 396 g/mol. The van der Waals surface area contributed by atoms with Gasteiger partial charge in [0.25, 0.3) is 5.56 Å². The molecule has 1 saturated carbocycles. The van der Waals surface area contributed by atoms with Gasteiger partial charge in [0.1, 0.15) is 12.9 Å². The number of aromatic nitrogens is 6. The van der Waals surface area contributed by atoms with Crippen LogP contribution < -0.4 is 10.5 Å². The van der Waals surface area contributed by atoms with Crippen molar-refractivity contribution < 1.29 is 4.52 Å². The zero-order valence-corrected chi connectivity index (χ0v) is 16.7. The molecule has 4 heterocycles. The van der Waals surface area contributed by atoms with E-state index < -0.39 is 0 Å². The van der Waals surface area contributed by atoms with Crippen LogP contribution in [0.4, 0.5) is 5.69 Å². The van der Waals surface area contributed by atoms with Crippen molar-refractivity contribution in [2.24, 2.45) is 18.9 Å². The predicted molar refractivity (Wildman–Crippen MR) is 109 cm³/mol. The average molecular weight is 414 g/mol. The van der Waals surface area contributed by atoms with Crippen molar-refractivity contribution >= 4 is 16.9 Å². The van der Waals surface area contributed by atoms with Crippen LogP contribution in [-0.4, -0.2) is 42.3 Å². The molecule has 2 fully saturated rings. The van der Waals surface area contributed by atoms with Gasteiger partial charge in [-0.3, -0.25) is 9.36 Å². The van der Waals surface area contributed by atoms with Gasteiger partial charge in [-0.25, -0.2) is 9.97 Å². The number of nitriles is 1. The monoisotopic (exact) mass is 414 g/mol. The lowest BCUT2D eigenvalue weighted by Gasteiger charge is -2.21. The van der Waals surface area contributed by atoms with Crippen molar-refractivity contribution in [2.45, 2.75) is 12.5 Å². The highest BCUT2D eigenvalue weighted by Gasteiger charge is 2.58. The van der Waals surface area contributed by atoms with E-state index in [9.17, 15) is 4.79 Å². The minimum Gasteiger partial charge on any atom is -0.371 e. The van der Waals surface area contributed by atoms with Crippen molar-refractivity contribution in [3.05, 3.63) is 64.6 Å². The molecule has 0 bridgehead atoms. The standard InChI is InChI=1S/C21H18N8O2/c1-27-10-23-20-18(27)21(30)29(11-24-20)9-16-25-19(26-31-16)17-14-7-28(8-15(14)17)13-4-2-12(6-22)3-5-13/h2-5,10-11,14-15,17H,7-9H2,1H3/t14-,15+,17?. The van der Waals surface area contributed by atoms with Crippen molar-refractivity contribution in [1.29, 1.82) is 5.26 Å². The Hall–Kier alpha value is -4.00. The summed E-state index contributed by atoms with van der Waals surface area (Å²) in [5.74, 6) is 2.40. The minimum absolute atomic E-state index is 0.180. The molecule has 1 aliphatic carbocycles. The van der Waals surface area contributed by atoms with E-state index in [1.54, 1.807) is 17.9 Å². The van der Waals surface area contributed by atoms with E-state index in [0.717, 1.165) is 18.8 Å². The number of hydrogen-bond donors (Lipinski definition) is 0. The maximum Gasteiger partial charge on any atom is 0.280 e. The van der Waals surface area contributed by atoms with Crippen molar-refractivity contribution in [2.75, 3.05) is 18.0 Å². The summed E-state index contributed by atoms with van der Waals surface area (Å²) in [5.41, 5.74) is 2.49. The smallest absolute Gasteiger partial charge is 0.280 e. The number of rotatable bonds is 4. The number of benzene rings is 1. The number of fused-ring (bicyclic) bond motifs is 2. The average Bonchev–Trinajstić information content (AvgIpc) is 3.21. The second-order valence-electron chi connectivity index (χ2n) is 8.17. The molecule has 10 heteroatoms. The van der Waals surface area contributed by atoms with Crippen molar-refractivity contribution in [3.8, 4) is 6.07 Å². The molecule has 1 unspecified atom stereocenters. The summed E-state index contributed by atoms with van der Waals surface area (Å²) in [5, 5.41) is 13.1. The molecule has 1 aromatic carbocycles. The van der Waals surface area contributed by atoms with Crippen LogP contribution in [0.5, 0.6) is 0 Å². The van der Waals surface area contributed by atoms with E-state index in [1.165, 1.54) is 10.9 Å². The van der Waals surface area contributed by atoms with Gasteiger partial charge in [0, 0.05) is 31.7 Å². The normalized spacial score (nSPS) is 21.9. The second kappa shape index (κ2) is 6.50. The third-order valence-electron chi connectivity index (χ3n) is 6.34. The molecule has 6 rings (SSSR count). The Balaban J connectivity index is 1.15. The molecule has 3 aromatic heterocycles. The SMILES string of the molecule is Cn1cnc2ncn(Cc3nc(C4[C@H]5CN(c6ccc(C#N)cc6)C[C@@H]45)no3)c(=O)c21. The molecule has 0 N–H and O–H groups in total. The van der Waals surface area contributed by atoms with Crippen LogP contribution in [0.2, 0.25) is 0 Å². The van der Waals surface area contributed by atoms with Crippen LogP contribution in [0.1, 0.15) is 23.2 Å². The number of hydrogen-bond acceptors (Lipinski definition) is 8. The number of anilines is 1. The quantitative estimate of drug-likeness (QED) is 0.490. The van der Waals surface area contributed by atoms with Crippen LogP contribution in [0, 0.1) is 23.2 Å². The summed E-state index contributed by atoms with van der Waals surface area (Å²) < 4.78 is 8.55. The fraction of sp³-hybridized carbons (Fsp3) is 0.333. The summed E-state index contributed by atoms with van der Waals surface area (Å²) in [6.45, 7) is 2.05. The van der Waals surface area contributed by atoms with Gasteiger partial charge in [0.05, 0.1) is 18.0 Å². The lowest BCUT2D eigenvalue weighted by molar-refractivity contribution is 0.363. The third-order valence-corrected chi connectivity index (χ3v) is 6.34. The first-order chi connectivity index (χ1) is 15.1. The Morgan fingerprint density at radius 1 is 1.16 bits per heavy atom. The van der Waals surface area contributed by atoms with Crippen LogP contribution in [0.15, 0.2) is 46.2 Å². The summed E-state index contributed by atoms with van der Waals surface area (Å²) in [6.07, 6.45) is 3.03. The minimum atomic E-state index is -0.189. The lowest BCUT2D eigenvalue weighted by atomic mass is 10.2. The zero-order chi connectivity index (χ0) is 21.1. The van der Waals surface area contributed by atoms with Gasteiger partial charge in [-0.2, -0.15) is 10.2 Å².